The van der Waals surface area contributed by atoms with Crippen molar-refractivity contribution in [2.75, 3.05) is 0 Å². The smallest absolute Gasteiger partial charge is 0.303 e. The normalized spacial score (nSPS) is 30.6. The molecule has 0 amide bonds. The zero-order chi connectivity index (χ0) is 13.3. The standard InChI is InChI=1S/C14H27NO2/c1-10(2)11-7-5-6-8-14(11,9-12(16)17)13(3,4)15/h10-11H,5-9,15H2,1-4H3,(H,16,17). The van der Waals surface area contributed by atoms with Gasteiger partial charge in [0.2, 0.25) is 0 Å². The number of aliphatic carboxylic acids is 1. The molecule has 0 aromatic carbocycles. The first kappa shape index (κ1) is 14.5. The molecule has 0 spiro atoms. The average Bonchev–Trinajstić information content (AvgIpc) is 2.15. The van der Waals surface area contributed by atoms with E-state index >= 15 is 0 Å². The number of carboxylic acids is 1. The fourth-order valence-corrected chi connectivity index (χ4v) is 3.75. The minimum Gasteiger partial charge on any atom is -0.481 e. The lowest BCUT2D eigenvalue weighted by Crippen LogP contribution is -2.58. The van der Waals surface area contributed by atoms with E-state index in [0.717, 1.165) is 19.3 Å². The largest absolute Gasteiger partial charge is 0.481 e. The fourth-order valence-electron chi connectivity index (χ4n) is 3.75. The van der Waals surface area contributed by atoms with Crippen LogP contribution in [0.1, 0.15) is 59.8 Å². The topological polar surface area (TPSA) is 63.3 Å². The molecule has 1 rings (SSSR count). The molecule has 3 N–H and O–H groups in total. The summed E-state index contributed by atoms with van der Waals surface area (Å²) in [6.45, 7) is 8.38. The zero-order valence-corrected chi connectivity index (χ0v) is 11.6. The lowest BCUT2D eigenvalue weighted by molar-refractivity contribution is -0.145. The Hall–Kier alpha value is -0.570. The Balaban J connectivity index is 3.12. The van der Waals surface area contributed by atoms with Crippen LogP contribution >= 0.6 is 0 Å². The molecule has 0 aliphatic heterocycles. The number of nitrogens with two attached hydrogens (primary N) is 1. The van der Waals surface area contributed by atoms with Gasteiger partial charge in [0.05, 0.1) is 6.42 Å². The second-order valence-electron chi connectivity index (χ2n) is 6.54. The summed E-state index contributed by atoms with van der Waals surface area (Å²) in [5.74, 6) is 0.209. The van der Waals surface area contributed by atoms with E-state index in [1.54, 1.807) is 0 Å². The molecular formula is C14H27NO2. The van der Waals surface area contributed by atoms with Crippen LogP contribution < -0.4 is 5.73 Å². The van der Waals surface area contributed by atoms with Crippen molar-refractivity contribution in [3.8, 4) is 0 Å². The molecule has 2 atom stereocenters. The van der Waals surface area contributed by atoms with Crippen molar-refractivity contribution >= 4 is 5.97 Å². The highest BCUT2D eigenvalue weighted by Crippen LogP contribution is 2.52. The summed E-state index contributed by atoms with van der Waals surface area (Å²) in [6.07, 6.45) is 4.59. The quantitative estimate of drug-likeness (QED) is 0.795. The van der Waals surface area contributed by atoms with E-state index in [0.29, 0.717) is 11.8 Å². The van der Waals surface area contributed by atoms with Gasteiger partial charge < -0.3 is 10.8 Å². The predicted octanol–water partition coefficient (Wildman–Crippen LogP) is 3.03. The van der Waals surface area contributed by atoms with Gasteiger partial charge in [-0.05, 0) is 38.5 Å². The first-order chi connectivity index (χ1) is 7.71. The monoisotopic (exact) mass is 241 g/mol. The molecule has 0 bridgehead atoms. The van der Waals surface area contributed by atoms with Crippen LogP contribution in [0.5, 0.6) is 0 Å². The Morgan fingerprint density at radius 3 is 2.47 bits per heavy atom. The van der Waals surface area contributed by atoms with Crippen molar-refractivity contribution in [1.82, 2.24) is 0 Å². The van der Waals surface area contributed by atoms with Crippen molar-refractivity contribution in [3.05, 3.63) is 0 Å². The molecule has 0 aromatic heterocycles. The first-order valence-electron chi connectivity index (χ1n) is 6.71. The maximum Gasteiger partial charge on any atom is 0.303 e. The third-order valence-electron chi connectivity index (χ3n) is 4.65. The van der Waals surface area contributed by atoms with Crippen LogP contribution in [0.15, 0.2) is 0 Å². The molecular weight excluding hydrogens is 214 g/mol. The number of hydrogen-bond acceptors (Lipinski definition) is 2. The van der Waals surface area contributed by atoms with Crippen molar-refractivity contribution in [1.29, 1.82) is 0 Å². The van der Waals surface area contributed by atoms with E-state index in [2.05, 4.69) is 13.8 Å². The molecule has 100 valence electrons. The van der Waals surface area contributed by atoms with E-state index in [9.17, 15) is 9.90 Å². The maximum absolute atomic E-state index is 11.2. The third-order valence-corrected chi connectivity index (χ3v) is 4.65. The lowest BCUT2D eigenvalue weighted by atomic mass is 9.53. The van der Waals surface area contributed by atoms with Crippen molar-refractivity contribution in [2.24, 2.45) is 23.0 Å². The van der Waals surface area contributed by atoms with Crippen LogP contribution in [0.2, 0.25) is 0 Å². The molecule has 1 fully saturated rings. The molecule has 0 aromatic rings. The van der Waals surface area contributed by atoms with E-state index in [1.165, 1.54) is 6.42 Å². The van der Waals surface area contributed by atoms with Gasteiger partial charge in [-0.1, -0.05) is 26.7 Å². The van der Waals surface area contributed by atoms with Gasteiger partial charge >= 0.3 is 5.97 Å². The molecule has 0 saturated heterocycles. The average molecular weight is 241 g/mol. The van der Waals surface area contributed by atoms with Crippen LogP contribution in [-0.4, -0.2) is 16.6 Å². The SMILES string of the molecule is CC(C)C1CCCCC1(CC(=O)O)C(C)(C)N. The van der Waals surface area contributed by atoms with Crippen LogP contribution in [0.3, 0.4) is 0 Å². The summed E-state index contributed by atoms with van der Waals surface area (Å²) < 4.78 is 0. The molecule has 0 heterocycles. The van der Waals surface area contributed by atoms with Gasteiger partial charge in [0, 0.05) is 11.0 Å². The molecule has 1 saturated carbocycles. The molecule has 2 unspecified atom stereocenters. The van der Waals surface area contributed by atoms with E-state index in [1.807, 2.05) is 13.8 Å². The van der Waals surface area contributed by atoms with Crippen LogP contribution in [0.4, 0.5) is 0 Å². The van der Waals surface area contributed by atoms with Crippen LogP contribution in [-0.2, 0) is 4.79 Å². The zero-order valence-electron chi connectivity index (χ0n) is 11.6. The van der Waals surface area contributed by atoms with Crippen molar-refractivity contribution in [3.63, 3.8) is 0 Å². The van der Waals surface area contributed by atoms with Crippen LogP contribution in [0.25, 0.3) is 0 Å². The Labute approximate surface area is 105 Å². The summed E-state index contributed by atoms with van der Waals surface area (Å²) >= 11 is 0. The van der Waals surface area contributed by atoms with Gasteiger partial charge in [0.15, 0.2) is 0 Å². The van der Waals surface area contributed by atoms with Gasteiger partial charge in [-0.15, -0.1) is 0 Å². The maximum atomic E-state index is 11.2. The van der Waals surface area contributed by atoms with Gasteiger partial charge in [0.25, 0.3) is 0 Å². The molecule has 3 nitrogen and oxygen atoms in total. The first-order valence-corrected chi connectivity index (χ1v) is 6.71. The minimum absolute atomic E-state index is 0.208. The van der Waals surface area contributed by atoms with Gasteiger partial charge in [-0.3, -0.25) is 4.79 Å². The highest BCUT2D eigenvalue weighted by Gasteiger charge is 2.51. The highest BCUT2D eigenvalue weighted by molar-refractivity contribution is 5.68. The summed E-state index contributed by atoms with van der Waals surface area (Å²) in [7, 11) is 0. The fraction of sp³-hybridized carbons (Fsp3) is 0.929. The van der Waals surface area contributed by atoms with Crippen molar-refractivity contribution in [2.45, 2.75) is 65.3 Å². The summed E-state index contributed by atoms with van der Waals surface area (Å²) in [5, 5.41) is 9.24. The number of hydrogen-bond donors (Lipinski definition) is 2. The number of carboxylic acid groups (broad SMARTS) is 1. The minimum atomic E-state index is -0.712. The second kappa shape index (κ2) is 4.97. The number of carbonyl (C=O) groups is 1. The Morgan fingerprint density at radius 1 is 1.47 bits per heavy atom. The summed E-state index contributed by atoms with van der Waals surface area (Å²) in [6, 6.07) is 0. The van der Waals surface area contributed by atoms with Crippen molar-refractivity contribution < 1.29 is 9.90 Å². The van der Waals surface area contributed by atoms with E-state index in [4.69, 9.17) is 5.73 Å². The van der Waals surface area contributed by atoms with Crippen LogP contribution in [0, 0.1) is 17.3 Å². The van der Waals surface area contributed by atoms with E-state index < -0.39 is 11.5 Å². The summed E-state index contributed by atoms with van der Waals surface area (Å²) in [4.78, 5) is 11.2. The molecule has 1 aliphatic carbocycles. The Morgan fingerprint density at radius 2 is 2.06 bits per heavy atom. The summed E-state index contributed by atoms with van der Waals surface area (Å²) in [5.41, 5.74) is 5.68. The molecule has 17 heavy (non-hydrogen) atoms. The second-order valence-corrected chi connectivity index (χ2v) is 6.54. The molecule has 3 heteroatoms. The predicted molar refractivity (Wildman–Crippen MR) is 69.7 cm³/mol. The Kier molecular flexibility index (Phi) is 4.23. The van der Waals surface area contributed by atoms with E-state index in [-0.39, 0.29) is 11.8 Å². The van der Waals surface area contributed by atoms with Gasteiger partial charge in [-0.2, -0.15) is 0 Å². The molecule has 0 radical (unpaired) electrons. The highest BCUT2D eigenvalue weighted by atomic mass is 16.4. The van der Waals surface area contributed by atoms with Gasteiger partial charge in [-0.25, -0.2) is 0 Å². The Bertz CT molecular complexity index is 280. The molecule has 1 aliphatic rings. The lowest BCUT2D eigenvalue weighted by Gasteiger charge is -2.53. The number of rotatable bonds is 4. The van der Waals surface area contributed by atoms with Gasteiger partial charge in [0.1, 0.15) is 0 Å². The third kappa shape index (κ3) is 2.82.